The summed E-state index contributed by atoms with van der Waals surface area (Å²) in [6.07, 6.45) is -0.531. The van der Waals surface area contributed by atoms with Crippen molar-refractivity contribution in [1.82, 2.24) is 9.38 Å². The average molecular weight is 698 g/mol. The third-order valence-electron chi connectivity index (χ3n) is 8.65. The first-order chi connectivity index (χ1) is 23.3. The molecule has 1 amide bonds. The van der Waals surface area contributed by atoms with Crippen LogP contribution in [0.3, 0.4) is 0 Å². The number of allylic oxidation sites excluding steroid dienone is 2. The number of carbonyl (C=O) groups excluding carboxylic acids is 3. The monoisotopic (exact) mass is 697 g/mol. The molecule has 2 aromatic rings. The summed E-state index contributed by atoms with van der Waals surface area (Å²) in [5, 5.41) is 0. The summed E-state index contributed by atoms with van der Waals surface area (Å²) in [7, 11) is 1.55. The lowest BCUT2D eigenvalue weighted by atomic mass is 9.89. The number of esters is 1. The summed E-state index contributed by atoms with van der Waals surface area (Å²) in [5.41, 5.74) is 1.36. The van der Waals surface area contributed by atoms with Crippen LogP contribution in [0.15, 0.2) is 53.7 Å². The fraction of sp³-hybridized carbons (Fsp3) is 0.500. The van der Waals surface area contributed by atoms with Gasteiger partial charge in [0.25, 0.3) is 0 Å². The molecule has 0 aliphatic carbocycles. The van der Waals surface area contributed by atoms with Gasteiger partial charge in [-0.15, -0.1) is 0 Å². The lowest BCUT2D eigenvalue weighted by Gasteiger charge is -2.31. The van der Waals surface area contributed by atoms with Gasteiger partial charge in [0.1, 0.15) is 22.7 Å². The molecule has 0 N–H and O–H groups in total. The number of aromatic nitrogens is 1. The van der Waals surface area contributed by atoms with E-state index in [0.29, 0.717) is 22.9 Å². The number of aryl methyl sites for hydroxylation is 1. The van der Waals surface area contributed by atoms with Gasteiger partial charge in [0.05, 0.1) is 26.1 Å². The Morgan fingerprint density at radius 1 is 0.920 bits per heavy atom. The van der Waals surface area contributed by atoms with Crippen molar-refractivity contribution in [3.63, 3.8) is 0 Å². The molecule has 4 heterocycles. The van der Waals surface area contributed by atoms with E-state index in [4.69, 9.17) is 23.7 Å². The van der Waals surface area contributed by atoms with Gasteiger partial charge in [-0.2, -0.15) is 0 Å². The SMILES string of the molecule is COc1ccc(C[C@@H]2[C@H](OC(=O)CCc3ccc4n3[B-](F)(F)[N+]3=C(C)C=C(C)C3=C4)[C@@H](OC(=O)OC(C)(C)C)CN2C(=O)OC(C)(C)C)cc1. The maximum atomic E-state index is 16.0. The molecule has 3 atom stereocenters. The van der Waals surface area contributed by atoms with Crippen LogP contribution in [0.5, 0.6) is 5.75 Å². The van der Waals surface area contributed by atoms with Crippen molar-refractivity contribution in [3.8, 4) is 5.75 Å². The quantitative estimate of drug-likeness (QED) is 0.174. The molecule has 3 aliphatic rings. The molecule has 14 heteroatoms. The molecule has 3 aliphatic heterocycles. The number of rotatable bonds is 8. The van der Waals surface area contributed by atoms with E-state index < -0.39 is 54.6 Å². The van der Waals surface area contributed by atoms with Gasteiger partial charge in [0, 0.05) is 30.3 Å². The molecule has 0 spiro atoms. The fourth-order valence-corrected chi connectivity index (χ4v) is 6.61. The van der Waals surface area contributed by atoms with Crippen LogP contribution in [0.25, 0.3) is 6.08 Å². The first-order valence-electron chi connectivity index (χ1n) is 16.7. The van der Waals surface area contributed by atoms with Crippen LogP contribution in [0.1, 0.15) is 78.8 Å². The van der Waals surface area contributed by atoms with Crippen LogP contribution in [-0.4, -0.2) is 87.9 Å². The molecular formula is C36H46BF2N3O8. The third-order valence-corrected chi connectivity index (χ3v) is 8.65. The lowest BCUT2D eigenvalue weighted by molar-refractivity contribution is -0.362. The van der Waals surface area contributed by atoms with E-state index in [1.165, 1.54) is 4.90 Å². The Bertz CT molecular complexity index is 1750. The van der Waals surface area contributed by atoms with Crippen LogP contribution in [-0.2, 0) is 36.6 Å². The summed E-state index contributed by atoms with van der Waals surface area (Å²) >= 11 is 0. The average Bonchev–Trinajstić information content (AvgIpc) is 3.65. The Kier molecular flexibility index (Phi) is 9.97. The van der Waals surface area contributed by atoms with Gasteiger partial charge >= 0.3 is 25.2 Å². The minimum atomic E-state index is -4.20. The molecule has 270 valence electrons. The second-order valence-corrected chi connectivity index (χ2v) is 14.9. The number of amides is 1. The molecule has 0 bridgehead atoms. The smallest absolute Gasteiger partial charge is 0.497 e. The van der Waals surface area contributed by atoms with Gasteiger partial charge in [0.2, 0.25) is 0 Å². The highest BCUT2D eigenvalue weighted by atomic mass is 19.2. The molecule has 1 aromatic heterocycles. The number of halogens is 2. The van der Waals surface area contributed by atoms with Crippen molar-refractivity contribution in [3.05, 3.63) is 70.7 Å². The van der Waals surface area contributed by atoms with E-state index in [9.17, 15) is 14.4 Å². The lowest BCUT2D eigenvalue weighted by Crippen LogP contribution is -2.50. The number of methoxy groups -OCH3 is 1. The zero-order valence-electron chi connectivity index (χ0n) is 30.1. The van der Waals surface area contributed by atoms with Crippen LogP contribution >= 0.6 is 0 Å². The number of hydrogen-bond acceptors (Lipinski definition) is 8. The van der Waals surface area contributed by atoms with Crippen molar-refractivity contribution in [2.24, 2.45) is 0 Å². The molecule has 0 radical (unpaired) electrons. The number of fused-ring (bicyclic) bond motifs is 2. The topological polar surface area (TPSA) is 109 Å². The maximum absolute atomic E-state index is 16.0. The molecule has 0 saturated carbocycles. The van der Waals surface area contributed by atoms with Crippen LogP contribution in [0, 0.1) is 0 Å². The first kappa shape index (κ1) is 36.7. The van der Waals surface area contributed by atoms with E-state index in [0.717, 1.165) is 20.1 Å². The van der Waals surface area contributed by atoms with E-state index in [1.54, 1.807) is 98.9 Å². The van der Waals surface area contributed by atoms with Crippen molar-refractivity contribution < 1.29 is 51.2 Å². The second-order valence-electron chi connectivity index (χ2n) is 14.9. The maximum Gasteiger partial charge on any atom is 0.737 e. The Balaban J connectivity index is 1.41. The minimum absolute atomic E-state index is 0.0398. The molecule has 1 fully saturated rings. The van der Waals surface area contributed by atoms with Crippen molar-refractivity contribution >= 4 is 37.0 Å². The molecule has 0 unspecified atom stereocenters. The molecular weight excluding hydrogens is 651 g/mol. The Hall–Kier alpha value is -4.62. The summed E-state index contributed by atoms with van der Waals surface area (Å²) in [6, 6.07) is 9.58. The predicted molar refractivity (Wildman–Crippen MR) is 183 cm³/mol. The number of hydrogen-bond donors (Lipinski definition) is 0. The normalized spacial score (nSPS) is 21.2. The number of carbonyl (C=O) groups is 3. The summed E-state index contributed by atoms with van der Waals surface area (Å²) in [5.74, 6) is -0.0768. The van der Waals surface area contributed by atoms with Gasteiger partial charge in [-0.25, -0.2) is 9.59 Å². The Morgan fingerprint density at radius 2 is 1.58 bits per heavy atom. The van der Waals surface area contributed by atoms with Gasteiger partial charge in [-0.3, -0.25) is 9.69 Å². The molecule has 50 heavy (non-hydrogen) atoms. The van der Waals surface area contributed by atoms with Gasteiger partial charge in [-0.1, -0.05) is 12.1 Å². The molecule has 1 saturated heterocycles. The zero-order valence-corrected chi connectivity index (χ0v) is 30.1. The van der Waals surface area contributed by atoms with Gasteiger partial charge in [-0.05, 0) is 96.8 Å². The third kappa shape index (κ3) is 7.89. The summed E-state index contributed by atoms with van der Waals surface area (Å²) < 4.78 is 62.1. The largest absolute Gasteiger partial charge is 0.737 e. The number of benzene rings is 1. The van der Waals surface area contributed by atoms with Crippen molar-refractivity contribution in [2.75, 3.05) is 13.7 Å². The van der Waals surface area contributed by atoms with Crippen LogP contribution in [0.2, 0.25) is 0 Å². The van der Waals surface area contributed by atoms with Crippen molar-refractivity contribution in [2.45, 2.75) is 104 Å². The molecule has 5 rings (SSSR count). The number of ether oxygens (including phenoxy) is 5. The fourth-order valence-electron chi connectivity index (χ4n) is 6.61. The predicted octanol–water partition coefficient (Wildman–Crippen LogP) is 6.53. The number of likely N-dealkylation sites (tertiary alicyclic amines) is 1. The van der Waals surface area contributed by atoms with E-state index in [1.807, 2.05) is 12.1 Å². The highest BCUT2D eigenvalue weighted by Crippen LogP contribution is 2.36. The Labute approximate surface area is 291 Å². The zero-order chi connectivity index (χ0) is 36.8. The standard InChI is InChI=1S/C36H46BF2N3O8/c1-22-18-23(2)41-28(22)20-26-13-12-25(42(26)37(41,38)39)14-17-31(43)48-32-29(19-24-10-15-27(46-9)16-11-24)40(33(44)49-35(3,4)5)21-30(32)47-34(45)50-36(6,7)8/h10-13,15-16,18,20,29-30,32H,14,17,19,21H2,1-9H3/t29-,30+,32+/m1/s1. The van der Waals surface area contributed by atoms with E-state index >= 15 is 8.63 Å². The van der Waals surface area contributed by atoms with Crippen LogP contribution < -0.4 is 4.74 Å². The minimum Gasteiger partial charge on any atom is -0.497 e. The Morgan fingerprint density at radius 3 is 2.20 bits per heavy atom. The van der Waals surface area contributed by atoms with Crippen molar-refractivity contribution in [1.29, 1.82) is 0 Å². The van der Waals surface area contributed by atoms with Gasteiger partial charge in [0.15, 0.2) is 17.9 Å². The van der Waals surface area contributed by atoms with E-state index in [2.05, 4.69) is 0 Å². The number of nitrogens with zero attached hydrogens (tertiary/aromatic N) is 3. The molecule has 11 nitrogen and oxygen atoms in total. The highest BCUT2D eigenvalue weighted by molar-refractivity contribution is 6.58. The van der Waals surface area contributed by atoms with E-state index in [-0.39, 0.29) is 31.5 Å². The molecule has 1 aromatic carbocycles. The summed E-state index contributed by atoms with van der Waals surface area (Å²) in [6.45, 7) is 9.34. The van der Waals surface area contributed by atoms with Crippen LogP contribution in [0.4, 0.5) is 18.2 Å². The van der Waals surface area contributed by atoms with Gasteiger partial charge < -0.3 is 41.3 Å². The second kappa shape index (κ2) is 13.6. The first-order valence-corrected chi connectivity index (χ1v) is 16.7. The highest BCUT2D eigenvalue weighted by Gasteiger charge is 2.53. The summed E-state index contributed by atoms with van der Waals surface area (Å²) in [4.78, 5) is 41.4.